The van der Waals surface area contributed by atoms with E-state index in [1.165, 1.54) is 32.4 Å². The highest BCUT2D eigenvalue weighted by Gasteiger charge is 2.25. The van der Waals surface area contributed by atoms with Gasteiger partial charge in [-0.1, -0.05) is 103 Å². The number of rotatable bonds is 3. The molecule has 57 heavy (non-hydrogen) atoms. The molecule has 262 valence electrons. The summed E-state index contributed by atoms with van der Waals surface area (Å²) in [7, 11) is 0. The van der Waals surface area contributed by atoms with Crippen LogP contribution in [0.1, 0.15) is 11.1 Å². The molecular weight excluding hydrogens is 697 g/mol. The average molecular weight is 725 g/mol. The lowest BCUT2D eigenvalue weighted by atomic mass is 9.96. The maximum absolute atomic E-state index is 9.63. The molecule has 0 aliphatic carbocycles. The molecule has 0 saturated carbocycles. The molecule has 0 aliphatic rings. The van der Waals surface area contributed by atoms with Gasteiger partial charge < -0.3 is 13.6 Å². The van der Waals surface area contributed by atoms with E-state index in [0.717, 1.165) is 77.1 Å². The fourth-order valence-electron chi connectivity index (χ4n) is 9.34. The zero-order valence-electron chi connectivity index (χ0n) is 30.4. The molecule has 5 nitrogen and oxygen atoms in total. The van der Waals surface area contributed by atoms with E-state index in [4.69, 9.17) is 4.42 Å². The van der Waals surface area contributed by atoms with Gasteiger partial charge in [0.1, 0.15) is 23.3 Å². The first-order valence-electron chi connectivity index (χ1n) is 19.0. The Balaban J connectivity index is 1.16. The van der Waals surface area contributed by atoms with Crippen LogP contribution in [-0.4, -0.2) is 9.13 Å². The van der Waals surface area contributed by atoms with E-state index in [0.29, 0.717) is 11.1 Å². The highest BCUT2D eigenvalue weighted by Crippen LogP contribution is 2.48. The first kappa shape index (κ1) is 31.3. The van der Waals surface area contributed by atoms with Crippen molar-refractivity contribution in [1.82, 2.24) is 9.13 Å². The minimum atomic E-state index is 0.375. The number of hydrogen-bond acceptors (Lipinski definition) is 3. The second-order valence-corrected chi connectivity index (χ2v) is 14.6. The van der Waals surface area contributed by atoms with Crippen LogP contribution in [-0.2, 0) is 0 Å². The molecule has 5 heteroatoms. The summed E-state index contributed by atoms with van der Waals surface area (Å²) in [5, 5.41) is 30.6. The van der Waals surface area contributed by atoms with Crippen molar-refractivity contribution in [3.63, 3.8) is 0 Å². The van der Waals surface area contributed by atoms with Crippen LogP contribution in [0.2, 0.25) is 0 Å². The molecule has 9 aromatic carbocycles. The number of nitrogens with zero attached hydrogens (tertiary/aromatic N) is 4. The summed E-state index contributed by atoms with van der Waals surface area (Å²) in [6.45, 7) is 0. The van der Waals surface area contributed by atoms with Crippen molar-refractivity contribution in [1.29, 1.82) is 10.5 Å². The highest BCUT2D eigenvalue weighted by molar-refractivity contribution is 6.37. The molecule has 0 aliphatic heterocycles. The van der Waals surface area contributed by atoms with Gasteiger partial charge in [0.05, 0.1) is 44.0 Å². The summed E-state index contributed by atoms with van der Waals surface area (Å²) in [5.41, 5.74) is 10.9. The first-order valence-corrected chi connectivity index (χ1v) is 19.0. The number of furan rings is 1. The Labute approximate surface area is 325 Å². The van der Waals surface area contributed by atoms with Crippen molar-refractivity contribution < 1.29 is 4.42 Å². The predicted molar refractivity (Wildman–Crippen MR) is 232 cm³/mol. The van der Waals surface area contributed by atoms with E-state index >= 15 is 0 Å². The Morgan fingerprint density at radius 1 is 0.368 bits per heavy atom. The average Bonchev–Trinajstić information content (AvgIpc) is 3.95. The number of fused-ring (bicyclic) bond motifs is 16. The van der Waals surface area contributed by atoms with Gasteiger partial charge in [0, 0.05) is 38.3 Å². The maximum atomic E-state index is 9.63. The minimum absolute atomic E-state index is 0.375. The highest BCUT2D eigenvalue weighted by atomic mass is 16.3. The quantitative estimate of drug-likeness (QED) is 0.170. The minimum Gasteiger partial charge on any atom is -0.455 e. The van der Waals surface area contributed by atoms with Gasteiger partial charge in [-0.2, -0.15) is 10.5 Å². The number of aromatic nitrogens is 2. The van der Waals surface area contributed by atoms with E-state index in [1.54, 1.807) is 12.1 Å². The smallest absolute Gasteiger partial charge is 0.145 e. The summed E-state index contributed by atoms with van der Waals surface area (Å²) in [5.74, 6) is 0. The topological polar surface area (TPSA) is 70.6 Å². The van der Waals surface area contributed by atoms with Gasteiger partial charge in [0.2, 0.25) is 0 Å². The molecule has 0 spiro atoms. The van der Waals surface area contributed by atoms with Crippen molar-refractivity contribution in [2.24, 2.45) is 0 Å². The molecule has 0 radical (unpaired) electrons. The van der Waals surface area contributed by atoms with Crippen molar-refractivity contribution >= 4 is 87.1 Å². The van der Waals surface area contributed by atoms with Crippen LogP contribution in [0.15, 0.2) is 174 Å². The molecule has 0 fully saturated rings. The van der Waals surface area contributed by atoms with Crippen LogP contribution < -0.4 is 0 Å². The lowest BCUT2D eigenvalue weighted by Gasteiger charge is -2.11. The van der Waals surface area contributed by atoms with Gasteiger partial charge in [-0.05, 0) is 94.0 Å². The summed E-state index contributed by atoms with van der Waals surface area (Å²) >= 11 is 0. The van der Waals surface area contributed by atoms with E-state index < -0.39 is 0 Å². The molecule has 12 aromatic rings. The third-order valence-electron chi connectivity index (χ3n) is 11.8. The van der Waals surface area contributed by atoms with Gasteiger partial charge in [-0.3, -0.25) is 0 Å². The van der Waals surface area contributed by atoms with Gasteiger partial charge in [0.25, 0.3) is 0 Å². The Morgan fingerprint density at radius 2 is 0.930 bits per heavy atom. The fraction of sp³-hybridized carbons (Fsp3) is 0. The molecule has 0 atom stereocenters. The van der Waals surface area contributed by atoms with Gasteiger partial charge in [-0.15, -0.1) is 0 Å². The first-order chi connectivity index (χ1) is 28.2. The number of hydrogen-bond donors (Lipinski definition) is 0. The summed E-state index contributed by atoms with van der Waals surface area (Å²) < 4.78 is 12.0. The Hall–Kier alpha value is -8.12. The van der Waals surface area contributed by atoms with Crippen molar-refractivity contribution in [3.05, 3.63) is 181 Å². The van der Waals surface area contributed by atoms with Crippen LogP contribution in [0.3, 0.4) is 0 Å². The van der Waals surface area contributed by atoms with Crippen LogP contribution in [0, 0.1) is 22.7 Å². The van der Waals surface area contributed by atoms with Crippen LogP contribution in [0.4, 0.5) is 0 Å². The third kappa shape index (κ3) is 4.26. The third-order valence-corrected chi connectivity index (χ3v) is 11.8. The van der Waals surface area contributed by atoms with Crippen molar-refractivity contribution in [3.8, 4) is 34.6 Å². The van der Waals surface area contributed by atoms with Gasteiger partial charge in [0.15, 0.2) is 0 Å². The van der Waals surface area contributed by atoms with Gasteiger partial charge in [-0.25, -0.2) is 0 Å². The molecule has 0 saturated heterocycles. The predicted octanol–water partition coefficient (Wildman–Crippen LogP) is 13.5. The standard InChI is InChI=1S/C52H28N4O/c53-29-33-19-18-32(28-34(33)30-54)31-20-22-36(23-21-31)55-44-17-9-8-16-43(44)47-45(55)26-24-41-42-25-27-46-49(52(42)57-51(41)47)48-39-14-6-4-12-37(39)38-13-5-7-15-40(38)50(48)56(46)35-10-2-1-3-11-35/h1-28H. The number of nitriles is 2. The SMILES string of the molecule is N#Cc1ccc(-c2ccc(-n3c4ccccc4c4c5oc6c(ccc7c6c6c8ccccc8c8ccccc8c6n7-c6ccccc6)c5ccc43)cc2)cc1C#N. The maximum Gasteiger partial charge on any atom is 0.145 e. The number of benzene rings is 9. The van der Waals surface area contributed by atoms with E-state index in [-0.39, 0.29) is 0 Å². The second-order valence-electron chi connectivity index (χ2n) is 14.6. The molecule has 3 heterocycles. The molecule has 12 rings (SSSR count). The zero-order valence-corrected chi connectivity index (χ0v) is 30.4. The monoisotopic (exact) mass is 724 g/mol. The Bertz CT molecular complexity index is 3760. The number of para-hydroxylation sites is 2. The lowest BCUT2D eigenvalue weighted by molar-refractivity contribution is 0.677. The van der Waals surface area contributed by atoms with Gasteiger partial charge >= 0.3 is 0 Å². The summed E-state index contributed by atoms with van der Waals surface area (Å²) in [6, 6.07) is 63.7. The molecule has 0 unspecified atom stereocenters. The second kappa shape index (κ2) is 11.7. The normalized spacial score (nSPS) is 11.8. The summed E-state index contributed by atoms with van der Waals surface area (Å²) in [6.07, 6.45) is 0. The van der Waals surface area contributed by atoms with E-state index in [1.807, 2.05) is 6.07 Å². The molecule has 0 bridgehead atoms. The molecule has 0 N–H and O–H groups in total. The lowest BCUT2D eigenvalue weighted by Crippen LogP contribution is -1.94. The van der Waals surface area contributed by atoms with Crippen LogP contribution >= 0.6 is 0 Å². The van der Waals surface area contributed by atoms with E-state index in [2.05, 4.69) is 173 Å². The fourth-order valence-corrected chi connectivity index (χ4v) is 9.34. The largest absolute Gasteiger partial charge is 0.455 e. The molecular formula is C52H28N4O. The Morgan fingerprint density at radius 3 is 1.65 bits per heavy atom. The zero-order chi connectivity index (χ0) is 37.8. The van der Waals surface area contributed by atoms with Crippen LogP contribution in [0.5, 0.6) is 0 Å². The molecule has 3 aromatic heterocycles. The molecule has 0 amide bonds. The summed E-state index contributed by atoms with van der Waals surface area (Å²) in [4.78, 5) is 0. The van der Waals surface area contributed by atoms with Crippen molar-refractivity contribution in [2.45, 2.75) is 0 Å². The van der Waals surface area contributed by atoms with E-state index in [9.17, 15) is 10.5 Å². The van der Waals surface area contributed by atoms with Crippen molar-refractivity contribution in [2.75, 3.05) is 0 Å². The Kier molecular flexibility index (Phi) is 6.41. The van der Waals surface area contributed by atoms with Crippen LogP contribution in [0.25, 0.3) is 110 Å².